The molecule has 0 aromatic carbocycles. The van der Waals surface area contributed by atoms with E-state index < -0.39 is 10.0 Å². The zero-order valence-corrected chi connectivity index (χ0v) is 19.8. The average Bonchev–Trinajstić information content (AvgIpc) is 3.04. The minimum absolute atomic E-state index is 0.0536. The van der Waals surface area contributed by atoms with Crippen molar-refractivity contribution in [2.24, 2.45) is 13.0 Å². The molecule has 1 aromatic rings. The van der Waals surface area contributed by atoms with E-state index in [9.17, 15) is 13.2 Å². The molecule has 1 amide bonds. The number of amides is 1. The van der Waals surface area contributed by atoms with Crippen LogP contribution >= 0.6 is 0 Å². The third kappa shape index (κ3) is 5.34. The number of carbonyl (C=O) groups excluding carboxylic acids is 1. The van der Waals surface area contributed by atoms with Crippen LogP contribution in [0.1, 0.15) is 68.3 Å². The summed E-state index contributed by atoms with van der Waals surface area (Å²) in [6, 6.07) is 1.58. The standard InChI is InChI=1S/C23H38N4O3S/c1-24-19-21(31(29,30)27-13-6-3-7-14-27)17-22(24)23(28)26-12-8-11-25(15-16-26)18-20-9-4-2-5-10-20/h17,19-20H,2-16,18H2,1H3. The highest BCUT2D eigenvalue weighted by molar-refractivity contribution is 7.89. The summed E-state index contributed by atoms with van der Waals surface area (Å²) in [7, 11) is -1.75. The van der Waals surface area contributed by atoms with Crippen LogP contribution in [0.2, 0.25) is 0 Å². The molecule has 3 fully saturated rings. The Morgan fingerprint density at radius 3 is 2.35 bits per heavy atom. The number of aryl methyl sites for hydroxylation is 1. The maximum absolute atomic E-state index is 13.3. The first kappa shape index (κ1) is 22.8. The smallest absolute Gasteiger partial charge is 0.270 e. The van der Waals surface area contributed by atoms with Crippen molar-refractivity contribution in [1.29, 1.82) is 0 Å². The van der Waals surface area contributed by atoms with Gasteiger partial charge >= 0.3 is 0 Å². The van der Waals surface area contributed by atoms with Gasteiger partial charge in [-0.1, -0.05) is 25.7 Å². The van der Waals surface area contributed by atoms with E-state index in [1.54, 1.807) is 28.2 Å². The predicted octanol–water partition coefficient (Wildman–Crippen LogP) is 2.93. The fourth-order valence-electron chi connectivity index (χ4n) is 5.40. The van der Waals surface area contributed by atoms with E-state index in [4.69, 9.17) is 0 Å². The molecule has 0 radical (unpaired) electrons. The molecule has 8 heteroatoms. The molecule has 0 unspecified atom stereocenters. The Labute approximate surface area is 187 Å². The van der Waals surface area contributed by atoms with Crippen LogP contribution < -0.4 is 0 Å². The minimum atomic E-state index is -3.53. The highest BCUT2D eigenvalue weighted by Gasteiger charge is 2.30. The highest BCUT2D eigenvalue weighted by atomic mass is 32.2. The number of carbonyl (C=O) groups is 1. The Morgan fingerprint density at radius 2 is 1.61 bits per heavy atom. The molecule has 174 valence electrons. The van der Waals surface area contributed by atoms with Gasteiger partial charge in [-0.05, 0) is 50.6 Å². The van der Waals surface area contributed by atoms with Gasteiger partial charge in [0.2, 0.25) is 10.0 Å². The van der Waals surface area contributed by atoms with Crippen molar-refractivity contribution in [3.63, 3.8) is 0 Å². The molecule has 1 aromatic heterocycles. The first-order valence-corrected chi connectivity index (χ1v) is 13.6. The van der Waals surface area contributed by atoms with Crippen molar-refractivity contribution in [3.8, 4) is 0 Å². The number of piperidine rings is 1. The highest BCUT2D eigenvalue weighted by Crippen LogP contribution is 2.26. The van der Waals surface area contributed by atoms with E-state index in [1.807, 2.05) is 4.90 Å². The number of sulfonamides is 1. The van der Waals surface area contributed by atoms with E-state index >= 15 is 0 Å². The van der Waals surface area contributed by atoms with Gasteiger partial charge in [0, 0.05) is 52.5 Å². The summed E-state index contributed by atoms with van der Waals surface area (Å²) in [5, 5.41) is 0. The van der Waals surface area contributed by atoms with Gasteiger partial charge in [0.05, 0.1) is 0 Å². The fraction of sp³-hybridized carbons (Fsp3) is 0.783. The van der Waals surface area contributed by atoms with Gasteiger partial charge in [-0.2, -0.15) is 4.31 Å². The Morgan fingerprint density at radius 1 is 0.903 bits per heavy atom. The largest absolute Gasteiger partial charge is 0.345 e. The van der Waals surface area contributed by atoms with Gasteiger partial charge in [-0.25, -0.2) is 8.42 Å². The molecule has 0 bridgehead atoms. The lowest BCUT2D eigenvalue weighted by atomic mass is 9.89. The quantitative estimate of drug-likeness (QED) is 0.692. The molecule has 1 aliphatic carbocycles. The van der Waals surface area contributed by atoms with E-state index in [2.05, 4.69) is 4.90 Å². The number of hydrogen-bond donors (Lipinski definition) is 0. The van der Waals surface area contributed by atoms with Gasteiger partial charge in [0.25, 0.3) is 5.91 Å². The monoisotopic (exact) mass is 450 g/mol. The normalized spacial score (nSPS) is 23.1. The Balaban J connectivity index is 1.40. The zero-order chi connectivity index (χ0) is 21.8. The molecule has 0 N–H and O–H groups in total. The topological polar surface area (TPSA) is 65.9 Å². The molecule has 1 saturated carbocycles. The van der Waals surface area contributed by atoms with Gasteiger partial charge in [0.1, 0.15) is 10.6 Å². The van der Waals surface area contributed by atoms with Gasteiger partial charge in [0.15, 0.2) is 0 Å². The lowest BCUT2D eigenvalue weighted by Gasteiger charge is -2.28. The van der Waals surface area contributed by atoms with Crippen molar-refractivity contribution < 1.29 is 13.2 Å². The number of hydrogen-bond acceptors (Lipinski definition) is 4. The number of aromatic nitrogens is 1. The van der Waals surface area contributed by atoms with E-state index in [1.165, 1.54) is 32.1 Å². The van der Waals surface area contributed by atoms with E-state index in [0.717, 1.165) is 57.8 Å². The van der Waals surface area contributed by atoms with E-state index in [0.29, 0.717) is 25.3 Å². The molecule has 4 rings (SSSR count). The summed E-state index contributed by atoms with van der Waals surface area (Å²) in [4.78, 5) is 17.9. The van der Waals surface area contributed by atoms with Crippen LogP contribution in [0.25, 0.3) is 0 Å². The Kier molecular flexibility index (Phi) is 7.39. The van der Waals surface area contributed by atoms with Crippen LogP contribution in [0.15, 0.2) is 17.2 Å². The van der Waals surface area contributed by atoms with Crippen molar-refractivity contribution in [2.45, 2.75) is 62.7 Å². The van der Waals surface area contributed by atoms with Crippen LogP contribution in [0, 0.1) is 5.92 Å². The van der Waals surface area contributed by atoms with Crippen molar-refractivity contribution >= 4 is 15.9 Å². The Hall–Kier alpha value is -1.38. The fourth-order valence-corrected chi connectivity index (χ4v) is 6.98. The lowest BCUT2D eigenvalue weighted by molar-refractivity contribution is 0.0750. The summed E-state index contributed by atoms with van der Waals surface area (Å²) >= 11 is 0. The summed E-state index contributed by atoms with van der Waals surface area (Å²) in [5.74, 6) is 0.758. The minimum Gasteiger partial charge on any atom is -0.345 e. The molecule has 0 spiro atoms. The van der Waals surface area contributed by atoms with Crippen LogP contribution in [-0.2, 0) is 17.1 Å². The second-order valence-corrected chi connectivity index (χ2v) is 11.5. The molecular weight excluding hydrogens is 412 g/mol. The Bertz CT molecular complexity index is 854. The van der Waals surface area contributed by atoms with E-state index in [-0.39, 0.29) is 10.8 Å². The van der Waals surface area contributed by atoms with Crippen LogP contribution in [0.3, 0.4) is 0 Å². The SMILES string of the molecule is Cn1cc(S(=O)(=O)N2CCCCC2)cc1C(=O)N1CCCN(CC2CCCCC2)CC1. The molecule has 2 aliphatic heterocycles. The third-order valence-corrected chi connectivity index (χ3v) is 9.13. The van der Waals surface area contributed by atoms with Gasteiger partial charge in [-0.3, -0.25) is 4.79 Å². The summed E-state index contributed by atoms with van der Waals surface area (Å²) in [6.07, 6.45) is 12.3. The molecule has 31 heavy (non-hydrogen) atoms. The molecule has 3 heterocycles. The predicted molar refractivity (Wildman–Crippen MR) is 122 cm³/mol. The summed E-state index contributed by atoms with van der Waals surface area (Å²) in [5.41, 5.74) is 0.469. The molecule has 7 nitrogen and oxygen atoms in total. The van der Waals surface area contributed by atoms with Crippen molar-refractivity contribution in [1.82, 2.24) is 18.7 Å². The first-order chi connectivity index (χ1) is 14.9. The maximum atomic E-state index is 13.3. The van der Waals surface area contributed by atoms with Crippen molar-refractivity contribution in [2.75, 3.05) is 45.8 Å². The third-order valence-electron chi connectivity index (χ3n) is 7.27. The van der Waals surface area contributed by atoms with Crippen LogP contribution in [0.5, 0.6) is 0 Å². The molecule has 0 atom stereocenters. The van der Waals surface area contributed by atoms with Gasteiger partial charge in [-0.15, -0.1) is 0 Å². The molecule has 3 aliphatic rings. The lowest BCUT2D eigenvalue weighted by Crippen LogP contribution is -2.37. The second-order valence-electron chi connectivity index (χ2n) is 9.59. The summed E-state index contributed by atoms with van der Waals surface area (Å²) in [6.45, 7) is 5.70. The first-order valence-electron chi connectivity index (χ1n) is 12.1. The van der Waals surface area contributed by atoms with Crippen molar-refractivity contribution in [3.05, 3.63) is 18.0 Å². The van der Waals surface area contributed by atoms with Crippen LogP contribution in [0.4, 0.5) is 0 Å². The number of rotatable bonds is 5. The van der Waals surface area contributed by atoms with Crippen LogP contribution in [-0.4, -0.2) is 78.8 Å². The van der Waals surface area contributed by atoms with Gasteiger partial charge < -0.3 is 14.4 Å². The molecule has 2 saturated heterocycles. The maximum Gasteiger partial charge on any atom is 0.270 e. The second kappa shape index (κ2) is 10.0. The average molecular weight is 451 g/mol. The summed E-state index contributed by atoms with van der Waals surface area (Å²) < 4.78 is 29.3. The molecular formula is C23H38N4O3S. The number of nitrogens with zero attached hydrogens (tertiary/aromatic N) is 4. The zero-order valence-electron chi connectivity index (χ0n) is 19.0.